The largest absolute Gasteiger partial charge is 0.494 e. The molecule has 0 aromatic heterocycles. The van der Waals surface area contributed by atoms with Gasteiger partial charge in [-0.25, -0.2) is 4.79 Å². The molecule has 0 aliphatic heterocycles. The molecule has 2 aromatic rings. The number of amides is 1. The normalized spacial score (nSPS) is 10.6. The molecule has 0 saturated carbocycles. The topological polar surface area (TPSA) is 97.7 Å². The van der Waals surface area contributed by atoms with Crippen LogP contribution >= 0.6 is 0 Å². The molecule has 1 amide bonds. The number of benzene rings is 2. The molecular formula is C22H22N2O5. The Labute approximate surface area is 169 Å². The fraction of sp³-hybridized carbons (Fsp3) is 0.227. The van der Waals surface area contributed by atoms with Crippen LogP contribution in [0.1, 0.15) is 29.8 Å². The van der Waals surface area contributed by atoms with Crippen molar-refractivity contribution >= 4 is 23.6 Å². The van der Waals surface area contributed by atoms with E-state index >= 15 is 0 Å². The van der Waals surface area contributed by atoms with Crippen LogP contribution in [-0.4, -0.2) is 32.2 Å². The highest BCUT2D eigenvalue weighted by atomic mass is 16.5. The molecule has 7 nitrogen and oxygen atoms in total. The highest BCUT2D eigenvalue weighted by Gasteiger charge is 2.13. The van der Waals surface area contributed by atoms with Crippen molar-refractivity contribution < 1.29 is 23.8 Å². The molecule has 2 rings (SSSR count). The van der Waals surface area contributed by atoms with Gasteiger partial charge in [-0.1, -0.05) is 0 Å². The van der Waals surface area contributed by atoms with Crippen LogP contribution in [0.5, 0.6) is 11.5 Å². The van der Waals surface area contributed by atoms with Gasteiger partial charge in [0.1, 0.15) is 23.1 Å². The van der Waals surface area contributed by atoms with Gasteiger partial charge in [-0.05, 0) is 56.3 Å². The Morgan fingerprint density at radius 1 is 1.07 bits per heavy atom. The summed E-state index contributed by atoms with van der Waals surface area (Å²) in [5.74, 6) is 0.109. The summed E-state index contributed by atoms with van der Waals surface area (Å²) in [6, 6.07) is 13.3. The Kier molecular flexibility index (Phi) is 7.80. The van der Waals surface area contributed by atoms with E-state index < -0.39 is 11.9 Å². The van der Waals surface area contributed by atoms with E-state index in [-0.39, 0.29) is 5.57 Å². The van der Waals surface area contributed by atoms with E-state index in [1.165, 1.54) is 25.3 Å². The maximum Gasteiger partial charge on any atom is 0.337 e. The number of carbonyl (C=O) groups excluding carboxylic acids is 2. The van der Waals surface area contributed by atoms with Crippen molar-refractivity contribution in [3.05, 3.63) is 59.2 Å². The molecule has 0 unspecified atom stereocenters. The van der Waals surface area contributed by atoms with Crippen LogP contribution in [-0.2, 0) is 9.53 Å². The first-order chi connectivity index (χ1) is 14.0. The Hall–Kier alpha value is -3.79. The van der Waals surface area contributed by atoms with Crippen LogP contribution in [0.3, 0.4) is 0 Å². The van der Waals surface area contributed by atoms with Crippen molar-refractivity contribution in [2.45, 2.75) is 13.8 Å². The lowest BCUT2D eigenvalue weighted by molar-refractivity contribution is -0.112. The molecule has 0 spiro atoms. The van der Waals surface area contributed by atoms with Gasteiger partial charge in [0, 0.05) is 17.3 Å². The molecule has 150 valence electrons. The summed E-state index contributed by atoms with van der Waals surface area (Å²) in [5, 5.41) is 12.1. The van der Waals surface area contributed by atoms with Crippen LogP contribution in [0.15, 0.2) is 48.0 Å². The molecule has 0 radical (unpaired) electrons. The number of nitrogens with one attached hydrogen (secondary N) is 1. The third kappa shape index (κ3) is 5.84. The van der Waals surface area contributed by atoms with Crippen LogP contribution in [0, 0.1) is 11.3 Å². The second-order valence-corrected chi connectivity index (χ2v) is 5.76. The highest BCUT2D eigenvalue weighted by Crippen LogP contribution is 2.27. The summed E-state index contributed by atoms with van der Waals surface area (Å²) in [5.41, 5.74) is 1.30. The van der Waals surface area contributed by atoms with Crippen molar-refractivity contribution in [3.63, 3.8) is 0 Å². The molecule has 0 atom stereocenters. The minimum Gasteiger partial charge on any atom is -0.494 e. The molecule has 7 heteroatoms. The van der Waals surface area contributed by atoms with Crippen molar-refractivity contribution in [3.8, 4) is 17.6 Å². The SMILES string of the molecule is CCOc1ccc(/C=C(\C#N)C(=O)Nc2ccc(C(=O)OC)cc2)c(OCC)c1. The van der Waals surface area contributed by atoms with Gasteiger partial charge in [0.25, 0.3) is 5.91 Å². The number of hydrogen-bond acceptors (Lipinski definition) is 6. The molecular weight excluding hydrogens is 372 g/mol. The molecule has 29 heavy (non-hydrogen) atoms. The zero-order chi connectivity index (χ0) is 21.2. The maximum atomic E-state index is 12.5. The van der Waals surface area contributed by atoms with Gasteiger partial charge in [0.2, 0.25) is 0 Å². The Bertz CT molecular complexity index is 943. The average Bonchev–Trinajstić information content (AvgIpc) is 2.73. The first-order valence-electron chi connectivity index (χ1n) is 9.03. The molecule has 2 aromatic carbocycles. The number of esters is 1. The smallest absolute Gasteiger partial charge is 0.337 e. The zero-order valence-corrected chi connectivity index (χ0v) is 16.5. The average molecular weight is 394 g/mol. The fourth-order valence-corrected chi connectivity index (χ4v) is 2.48. The first-order valence-corrected chi connectivity index (χ1v) is 9.03. The van der Waals surface area contributed by atoms with Gasteiger partial charge in [-0.15, -0.1) is 0 Å². The van der Waals surface area contributed by atoms with Gasteiger partial charge in [0.15, 0.2) is 0 Å². The Balaban J connectivity index is 2.23. The number of nitriles is 1. The molecule has 0 bridgehead atoms. The molecule has 0 heterocycles. The van der Waals surface area contributed by atoms with E-state index in [0.29, 0.717) is 41.5 Å². The lowest BCUT2D eigenvalue weighted by atomic mass is 10.1. The molecule has 0 aliphatic carbocycles. The minimum atomic E-state index is -0.574. The third-order valence-electron chi connectivity index (χ3n) is 3.82. The van der Waals surface area contributed by atoms with Crippen LogP contribution in [0.4, 0.5) is 5.69 Å². The lowest BCUT2D eigenvalue weighted by Gasteiger charge is -2.11. The number of carbonyl (C=O) groups is 2. The van der Waals surface area contributed by atoms with Crippen molar-refractivity contribution in [2.75, 3.05) is 25.6 Å². The predicted molar refractivity (Wildman–Crippen MR) is 109 cm³/mol. The zero-order valence-electron chi connectivity index (χ0n) is 16.5. The summed E-state index contributed by atoms with van der Waals surface area (Å²) in [6.07, 6.45) is 1.46. The molecule has 1 N–H and O–H groups in total. The van der Waals surface area contributed by atoms with E-state index in [2.05, 4.69) is 10.1 Å². The van der Waals surface area contributed by atoms with Gasteiger partial charge >= 0.3 is 5.97 Å². The number of nitrogens with zero attached hydrogens (tertiary/aromatic N) is 1. The quantitative estimate of drug-likeness (QED) is 0.415. The van der Waals surface area contributed by atoms with Gasteiger partial charge in [0.05, 0.1) is 25.9 Å². The molecule has 0 aliphatic rings. The van der Waals surface area contributed by atoms with Crippen molar-refractivity contribution in [2.24, 2.45) is 0 Å². The molecule has 0 saturated heterocycles. The second-order valence-electron chi connectivity index (χ2n) is 5.76. The van der Waals surface area contributed by atoms with E-state index in [1.807, 2.05) is 19.9 Å². The summed E-state index contributed by atoms with van der Waals surface area (Å²) >= 11 is 0. The summed E-state index contributed by atoms with van der Waals surface area (Å²) < 4.78 is 15.7. The monoisotopic (exact) mass is 394 g/mol. The number of methoxy groups -OCH3 is 1. The summed E-state index contributed by atoms with van der Waals surface area (Å²) in [4.78, 5) is 24.0. The fourth-order valence-electron chi connectivity index (χ4n) is 2.48. The van der Waals surface area contributed by atoms with Crippen LogP contribution in [0.2, 0.25) is 0 Å². The highest BCUT2D eigenvalue weighted by molar-refractivity contribution is 6.10. The summed E-state index contributed by atoms with van der Waals surface area (Å²) in [7, 11) is 1.29. The van der Waals surface area contributed by atoms with Gasteiger partial charge < -0.3 is 19.5 Å². The Morgan fingerprint density at radius 3 is 2.34 bits per heavy atom. The molecule has 0 fully saturated rings. The summed E-state index contributed by atoms with van der Waals surface area (Å²) in [6.45, 7) is 4.67. The van der Waals surface area contributed by atoms with Crippen molar-refractivity contribution in [1.82, 2.24) is 0 Å². The van der Waals surface area contributed by atoms with E-state index in [9.17, 15) is 14.9 Å². The number of anilines is 1. The van der Waals surface area contributed by atoms with Crippen molar-refractivity contribution in [1.29, 1.82) is 5.26 Å². The maximum absolute atomic E-state index is 12.5. The van der Waals surface area contributed by atoms with Crippen LogP contribution < -0.4 is 14.8 Å². The number of rotatable bonds is 8. The minimum absolute atomic E-state index is 0.0906. The predicted octanol–water partition coefficient (Wildman–Crippen LogP) is 3.82. The van der Waals surface area contributed by atoms with E-state index in [4.69, 9.17) is 9.47 Å². The second kappa shape index (κ2) is 10.5. The Morgan fingerprint density at radius 2 is 1.76 bits per heavy atom. The lowest BCUT2D eigenvalue weighted by Crippen LogP contribution is -2.13. The van der Waals surface area contributed by atoms with Gasteiger partial charge in [-0.2, -0.15) is 5.26 Å². The van der Waals surface area contributed by atoms with Crippen LogP contribution in [0.25, 0.3) is 6.08 Å². The van der Waals surface area contributed by atoms with E-state index in [0.717, 1.165) is 0 Å². The third-order valence-corrected chi connectivity index (χ3v) is 3.82. The number of hydrogen-bond donors (Lipinski definition) is 1. The number of ether oxygens (including phenoxy) is 3. The van der Waals surface area contributed by atoms with E-state index in [1.54, 1.807) is 30.3 Å². The van der Waals surface area contributed by atoms with Gasteiger partial charge in [-0.3, -0.25) is 4.79 Å². The first kappa shape index (κ1) is 21.5. The standard InChI is InChI=1S/C22H22N2O5/c1-4-28-19-11-8-16(20(13-19)29-5-2)12-17(14-23)21(25)24-18-9-6-15(7-10-18)22(26)27-3/h6-13H,4-5H2,1-3H3,(H,24,25)/b17-12+.